The lowest BCUT2D eigenvalue weighted by Crippen LogP contribution is -2.53. The van der Waals surface area contributed by atoms with Crippen molar-refractivity contribution in [1.82, 2.24) is 0 Å². The lowest BCUT2D eigenvalue weighted by atomic mass is 9.44. The topological polar surface area (TPSA) is 9.23 Å². The van der Waals surface area contributed by atoms with Gasteiger partial charge in [0.05, 0.1) is 0 Å². The van der Waals surface area contributed by atoms with E-state index < -0.39 is 8.32 Å². The minimum absolute atomic E-state index is 0.632. The Bertz CT molecular complexity index is 666. The lowest BCUT2D eigenvalue weighted by molar-refractivity contribution is -0.114. The predicted molar refractivity (Wildman–Crippen MR) is 150 cm³/mol. The molecule has 4 aliphatic carbocycles. The van der Waals surface area contributed by atoms with Gasteiger partial charge >= 0.3 is 0 Å². The molecule has 198 valence electrons. The molecule has 0 saturated heterocycles. The van der Waals surface area contributed by atoms with E-state index in [4.69, 9.17) is 4.43 Å². The minimum atomic E-state index is -1.39. The molecule has 0 spiro atoms. The molecule has 0 aromatic rings. The van der Waals surface area contributed by atoms with Crippen LogP contribution in [0, 0.1) is 58.2 Å². The van der Waals surface area contributed by atoms with Gasteiger partial charge in [0.25, 0.3) is 0 Å². The predicted octanol–water partition coefficient (Wildman–Crippen LogP) is 9.97. The molecule has 4 rings (SSSR count). The zero-order chi connectivity index (χ0) is 24.7. The molecule has 0 radical (unpaired) electrons. The molecule has 2 heteroatoms. The van der Waals surface area contributed by atoms with Crippen molar-refractivity contribution in [2.24, 2.45) is 58.2 Å². The van der Waals surface area contributed by atoms with Gasteiger partial charge in [0, 0.05) is 6.61 Å². The molecular formula is C32H60OSi. The molecule has 0 bridgehead atoms. The van der Waals surface area contributed by atoms with Gasteiger partial charge in [0.2, 0.25) is 0 Å². The van der Waals surface area contributed by atoms with Crippen LogP contribution in [0.1, 0.15) is 118 Å². The normalized spacial score (nSPS) is 42.1. The summed E-state index contributed by atoms with van der Waals surface area (Å²) in [6.45, 7) is 21.0. The Hall–Kier alpha value is 0.177. The van der Waals surface area contributed by atoms with Gasteiger partial charge in [-0.05, 0) is 142 Å². The number of hydrogen-bond acceptors (Lipinski definition) is 1. The summed E-state index contributed by atoms with van der Waals surface area (Å²) in [5.74, 6) is 7.68. The Balaban J connectivity index is 1.36. The molecule has 9 atom stereocenters. The second kappa shape index (κ2) is 10.5. The van der Waals surface area contributed by atoms with Gasteiger partial charge in [0.15, 0.2) is 8.32 Å². The smallest absolute Gasteiger partial charge is 0.183 e. The van der Waals surface area contributed by atoms with Gasteiger partial charge in [-0.15, -0.1) is 0 Å². The summed E-state index contributed by atoms with van der Waals surface area (Å²) in [7, 11) is -1.39. The molecule has 1 unspecified atom stereocenters. The van der Waals surface area contributed by atoms with Gasteiger partial charge in [0.1, 0.15) is 0 Å². The van der Waals surface area contributed by atoms with Gasteiger partial charge in [-0.2, -0.15) is 0 Å². The van der Waals surface area contributed by atoms with Gasteiger partial charge in [-0.25, -0.2) is 0 Å². The molecule has 4 aliphatic rings. The summed E-state index contributed by atoms with van der Waals surface area (Å²) in [6, 6.07) is 0. The van der Waals surface area contributed by atoms with Crippen LogP contribution in [0.3, 0.4) is 0 Å². The van der Waals surface area contributed by atoms with Crippen LogP contribution in [0.2, 0.25) is 19.6 Å². The average molecular weight is 489 g/mol. The van der Waals surface area contributed by atoms with Crippen molar-refractivity contribution in [3.63, 3.8) is 0 Å². The van der Waals surface area contributed by atoms with E-state index in [0.29, 0.717) is 10.8 Å². The Labute approximate surface area is 215 Å². The zero-order valence-corrected chi connectivity index (χ0v) is 25.4. The van der Waals surface area contributed by atoms with E-state index in [1.807, 2.05) is 0 Å². The standard InChI is InChI=1S/C32H60OSi/c1-23(2)25(19-22-33-34(6,7)8)13-12-24(3)28-16-17-29-27-15-14-26-11-9-10-20-31(26,4)30(27)18-21-32(28,29)5/h23-30H,9-22H2,1-8H3/t24-,25+,26?,27+,28-,29+,30+,31+,32-/m1/s1. The van der Waals surface area contributed by atoms with Crippen LogP contribution in [0.15, 0.2) is 0 Å². The first-order valence-electron chi connectivity index (χ1n) is 15.6. The maximum Gasteiger partial charge on any atom is 0.183 e. The quantitative estimate of drug-likeness (QED) is 0.293. The van der Waals surface area contributed by atoms with E-state index in [1.54, 1.807) is 38.5 Å². The fraction of sp³-hybridized carbons (Fsp3) is 1.00. The molecule has 4 fully saturated rings. The summed E-state index contributed by atoms with van der Waals surface area (Å²) >= 11 is 0. The SMILES string of the molecule is CC(C)[C@H](CCO[Si](C)(C)C)CC[C@@H](C)[C@H]1CC[C@H]2[C@@H]3CCC4CCCC[C@]4(C)[C@H]3CC[C@]12C. The zero-order valence-electron chi connectivity index (χ0n) is 24.4. The monoisotopic (exact) mass is 488 g/mol. The Morgan fingerprint density at radius 3 is 2.21 bits per heavy atom. The van der Waals surface area contributed by atoms with E-state index in [1.165, 1.54) is 44.9 Å². The van der Waals surface area contributed by atoms with Crippen LogP contribution in [0.25, 0.3) is 0 Å². The van der Waals surface area contributed by atoms with Crippen molar-refractivity contribution >= 4 is 8.32 Å². The Morgan fingerprint density at radius 2 is 1.50 bits per heavy atom. The molecule has 0 N–H and O–H groups in total. The first-order chi connectivity index (χ1) is 16.0. The molecule has 4 saturated carbocycles. The Morgan fingerprint density at radius 1 is 0.765 bits per heavy atom. The van der Waals surface area contributed by atoms with E-state index in [0.717, 1.165) is 54.0 Å². The van der Waals surface area contributed by atoms with Crippen LogP contribution in [-0.2, 0) is 4.43 Å². The minimum Gasteiger partial charge on any atom is -0.418 e. The van der Waals surface area contributed by atoms with Crippen LogP contribution in [-0.4, -0.2) is 14.9 Å². The molecule has 0 aliphatic heterocycles. The van der Waals surface area contributed by atoms with E-state index >= 15 is 0 Å². The van der Waals surface area contributed by atoms with Gasteiger partial charge in [-0.3, -0.25) is 0 Å². The molecule has 1 nitrogen and oxygen atoms in total. The third-order valence-corrected chi connectivity index (χ3v) is 13.4. The van der Waals surface area contributed by atoms with Crippen molar-refractivity contribution in [1.29, 1.82) is 0 Å². The van der Waals surface area contributed by atoms with Gasteiger partial charge in [-0.1, -0.05) is 53.9 Å². The molecule has 0 aromatic carbocycles. The fourth-order valence-corrected chi connectivity index (χ4v) is 11.0. The summed E-state index contributed by atoms with van der Waals surface area (Å²) in [5.41, 5.74) is 1.32. The highest BCUT2D eigenvalue weighted by Crippen LogP contribution is 2.68. The van der Waals surface area contributed by atoms with Crippen molar-refractivity contribution in [3.05, 3.63) is 0 Å². The van der Waals surface area contributed by atoms with Gasteiger partial charge < -0.3 is 4.43 Å². The highest BCUT2D eigenvalue weighted by Gasteiger charge is 2.60. The number of hydrogen-bond donors (Lipinski definition) is 0. The van der Waals surface area contributed by atoms with Crippen LogP contribution in [0.5, 0.6) is 0 Å². The van der Waals surface area contributed by atoms with Crippen molar-refractivity contribution in [2.45, 2.75) is 138 Å². The first-order valence-corrected chi connectivity index (χ1v) is 19.0. The van der Waals surface area contributed by atoms with E-state index in [-0.39, 0.29) is 0 Å². The summed E-state index contributed by atoms with van der Waals surface area (Å²) in [4.78, 5) is 0. The third kappa shape index (κ3) is 5.39. The van der Waals surface area contributed by atoms with E-state index in [9.17, 15) is 0 Å². The summed E-state index contributed by atoms with van der Waals surface area (Å²) in [5, 5.41) is 0. The van der Waals surface area contributed by atoms with Crippen LogP contribution < -0.4 is 0 Å². The van der Waals surface area contributed by atoms with Crippen molar-refractivity contribution in [2.75, 3.05) is 6.61 Å². The molecule has 0 heterocycles. The number of rotatable bonds is 9. The fourth-order valence-electron chi connectivity index (χ4n) is 10.3. The largest absolute Gasteiger partial charge is 0.418 e. The summed E-state index contributed by atoms with van der Waals surface area (Å²) in [6.07, 6.45) is 19.5. The van der Waals surface area contributed by atoms with Crippen molar-refractivity contribution in [3.8, 4) is 0 Å². The number of fused-ring (bicyclic) bond motifs is 5. The van der Waals surface area contributed by atoms with E-state index in [2.05, 4.69) is 54.3 Å². The molecule has 34 heavy (non-hydrogen) atoms. The first kappa shape index (κ1) is 27.2. The van der Waals surface area contributed by atoms with Crippen LogP contribution in [0.4, 0.5) is 0 Å². The maximum absolute atomic E-state index is 6.24. The Kier molecular flexibility index (Phi) is 8.41. The lowest BCUT2D eigenvalue weighted by Gasteiger charge is -2.61. The second-order valence-corrected chi connectivity index (χ2v) is 20.0. The maximum atomic E-state index is 6.24. The van der Waals surface area contributed by atoms with Crippen LogP contribution >= 0.6 is 0 Å². The second-order valence-electron chi connectivity index (χ2n) is 15.4. The highest BCUT2D eigenvalue weighted by atomic mass is 28.4. The summed E-state index contributed by atoms with van der Waals surface area (Å²) < 4.78 is 6.24. The average Bonchev–Trinajstić information content (AvgIpc) is 3.11. The molecular weight excluding hydrogens is 428 g/mol. The molecule has 0 amide bonds. The highest BCUT2D eigenvalue weighted by molar-refractivity contribution is 6.69. The van der Waals surface area contributed by atoms with Crippen molar-refractivity contribution < 1.29 is 4.43 Å². The third-order valence-electron chi connectivity index (χ3n) is 12.3. The molecule has 0 aromatic heterocycles.